The summed E-state index contributed by atoms with van der Waals surface area (Å²) in [4.78, 5) is 36.6. The molecule has 2 aromatic carbocycles. The van der Waals surface area contributed by atoms with Crippen LogP contribution in [-0.4, -0.2) is 63.9 Å². The average molecular weight is 602 g/mol. The summed E-state index contributed by atoms with van der Waals surface area (Å²) in [6.07, 6.45) is 6.65. The van der Waals surface area contributed by atoms with Crippen molar-refractivity contribution in [3.63, 3.8) is 0 Å². The average Bonchev–Trinajstić information content (AvgIpc) is 3.50. The van der Waals surface area contributed by atoms with Crippen LogP contribution in [0.25, 0.3) is 10.8 Å². The van der Waals surface area contributed by atoms with Crippen LogP contribution < -0.4 is 14.2 Å². The predicted molar refractivity (Wildman–Crippen MR) is 167 cm³/mol. The van der Waals surface area contributed by atoms with Crippen LogP contribution in [0.1, 0.15) is 82.8 Å². The first-order valence-corrected chi connectivity index (χ1v) is 15.6. The highest BCUT2D eigenvalue weighted by Gasteiger charge is 2.47. The number of likely N-dealkylation sites (tertiary alicyclic amines) is 1. The van der Waals surface area contributed by atoms with Gasteiger partial charge in [-0.1, -0.05) is 37.1 Å². The third kappa shape index (κ3) is 6.14. The van der Waals surface area contributed by atoms with Gasteiger partial charge in [0.15, 0.2) is 11.5 Å². The lowest BCUT2D eigenvalue weighted by atomic mass is 9.85. The minimum absolute atomic E-state index is 0.118. The van der Waals surface area contributed by atoms with Crippen LogP contribution in [0.15, 0.2) is 48.7 Å². The highest BCUT2D eigenvalue weighted by molar-refractivity contribution is 5.96. The number of pyridine rings is 1. The third-order valence-corrected chi connectivity index (χ3v) is 8.75. The lowest BCUT2D eigenvalue weighted by Gasteiger charge is -2.36. The van der Waals surface area contributed by atoms with E-state index in [1.807, 2.05) is 76.0 Å². The van der Waals surface area contributed by atoms with Gasteiger partial charge in [0.25, 0.3) is 5.91 Å². The summed E-state index contributed by atoms with van der Waals surface area (Å²) in [5.41, 5.74) is 0.572. The lowest BCUT2D eigenvalue weighted by Crippen LogP contribution is -2.50. The van der Waals surface area contributed by atoms with Crippen molar-refractivity contribution in [3.8, 4) is 17.2 Å². The minimum Gasteiger partial charge on any atom is -0.493 e. The van der Waals surface area contributed by atoms with Gasteiger partial charge in [-0.2, -0.15) is 0 Å². The Morgan fingerprint density at radius 1 is 1.07 bits per heavy atom. The van der Waals surface area contributed by atoms with Crippen LogP contribution in [0.5, 0.6) is 17.2 Å². The van der Waals surface area contributed by atoms with Crippen molar-refractivity contribution in [1.82, 2.24) is 14.8 Å². The number of amides is 2. The number of fused-ring (bicyclic) bond motifs is 3. The Morgan fingerprint density at radius 3 is 2.57 bits per heavy atom. The molecule has 0 N–H and O–H groups in total. The van der Waals surface area contributed by atoms with E-state index in [1.54, 1.807) is 24.1 Å². The maximum Gasteiger partial charge on any atom is 0.410 e. The summed E-state index contributed by atoms with van der Waals surface area (Å²) in [7, 11) is 1.55. The van der Waals surface area contributed by atoms with Gasteiger partial charge in [0.05, 0.1) is 25.4 Å². The van der Waals surface area contributed by atoms with Gasteiger partial charge in [0.2, 0.25) is 11.5 Å². The van der Waals surface area contributed by atoms with E-state index in [0.717, 1.165) is 48.6 Å². The van der Waals surface area contributed by atoms with Gasteiger partial charge in [-0.05, 0) is 69.5 Å². The molecule has 0 spiro atoms. The van der Waals surface area contributed by atoms with Gasteiger partial charge in [-0.15, -0.1) is 0 Å². The molecule has 3 heterocycles. The SMILES string of the molecule is COc1cc(C(=O)N(Cc2cc3ccccc3cn2)C[C@@H]2C[C@@H]3CCCC[C@@H]3N2C(=O)OC(C)(C)C)cc2c1OC(C)(C)O2. The second kappa shape index (κ2) is 11.5. The molecular weight excluding hydrogens is 558 g/mol. The fourth-order valence-corrected chi connectivity index (χ4v) is 6.95. The monoisotopic (exact) mass is 601 g/mol. The Hall–Kier alpha value is -4.01. The second-order valence-electron chi connectivity index (χ2n) is 13.7. The van der Waals surface area contributed by atoms with E-state index in [9.17, 15) is 9.59 Å². The molecule has 1 saturated heterocycles. The van der Waals surface area contributed by atoms with Crippen LogP contribution >= 0.6 is 0 Å². The summed E-state index contributed by atoms with van der Waals surface area (Å²) in [6, 6.07) is 13.4. The number of hydrogen-bond donors (Lipinski definition) is 0. The van der Waals surface area contributed by atoms with Crippen molar-refractivity contribution in [3.05, 3.63) is 59.9 Å². The molecule has 2 amide bonds. The van der Waals surface area contributed by atoms with E-state index in [-0.39, 0.29) is 30.6 Å². The Morgan fingerprint density at radius 2 is 1.82 bits per heavy atom. The Labute approximate surface area is 259 Å². The van der Waals surface area contributed by atoms with Crippen LogP contribution in [0.2, 0.25) is 0 Å². The van der Waals surface area contributed by atoms with Gasteiger partial charge in [-0.3, -0.25) is 9.78 Å². The fourth-order valence-electron chi connectivity index (χ4n) is 6.95. The van der Waals surface area contributed by atoms with Gasteiger partial charge in [0.1, 0.15) is 5.60 Å². The number of methoxy groups -OCH3 is 1. The molecule has 0 bridgehead atoms. The molecule has 3 aliphatic rings. The Kier molecular flexibility index (Phi) is 7.84. The predicted octanol–water partition coefficient (Wildman–Crippen LogP) is 6.96. The summed E-state index contributed by atoms with van der Waals surface area (Å²) in [6.45, 7) is 9.94. The number of carbonyl (C=O) groups excluding carboxylic acids is 2. The molecule has 1 saturated carbocycles. The van der Waals surface area contributed by atoms with E-state index < -0.39 is 11.4 Å². The second-order valence-corrected chi connectivity index (χ2v) is 13.7. The molecule has 6 rings (SSSR count). The quantitative estimate of drug-likeness (QED) is 0.302. The summed E-state index contributed by atoms with van der Waals surface area (Å²) >= 11 is 0. The van der Waals surface area contributed by atoms with Gasteiger partial charge >= 0.3 is 6.09 Å². The number of nitrogens with zero attached hydrogens (tertiary/aromatic N) is 3. The zero-order chi connectivity index (χ0) is 31.2. The standard InChI is InChI=1S/C35H43N3O6/c1-34(2,3)44-33(40)38-27(16-23-12-9-10-14-28(23)38)21-37(20-26-15-22-11-7-8-13-24(22)19-36-26)32(39)25-17-29(41-6)31-30(18-25)42-35(4,5)43-31/h7-8,11,13,15,17-19,23,27-28H,9-10,12,14,16,20-21H2,1-6H3/t23-,27-,28-/m0/s1. The largest absolute Gasteiger partial charge is 0.493 e. The van der Waals surface area contributed by atoms with E-state index >= 15 is 0 Å². The summed E-state index contributed by atoms with van der Waals surface area (Å²) < 4.78 is 23.5. The number of aromatic nitrogens is 1. The molecule has 9 heteroatoms. The van der Waals surface area contributed by atoms with E-state index in [0.29, 0.717) is 35.3 Å². The normalized spacial score (nSPS) is 22.0. The molecule has 2 fully saturated rings. The van der Waals surface area contributed by atoms with Crippen molar-refractivity contribution in [1.29, 1.82) is 0 Å². The summed E-state index contributed by atoms with van der Waals surface area (Å²) in [5.74, 6) is 0.692. The molecular formula is C35H43N3O6. The molecule has 0 unspecified atom stereocenters. The zero-order valence-electron chi connectivity index (χ0n) is 26.6. The van der Waals surface area contributed by atoms with Crippen LogP contribution in [0.4, 0.5) is 4.79 Å². The van der Waals surface area contributed by atoms with Crippen molar-refractivity contribution in [2.75, 3.05) is 13.7 Å². The maximum atomic E-state index is 14.5. The van der Waals surface area contributed by atoms with E-state index in [1.165, 1.54) is 0 Å². The number of carbonyl (C=O) groups is 2. The van der Waals surface area contributed by atoms with Crippen molar-refractivity contribution in [2.45, 2.75) is 96.7 Å². The lowest BCUT2D eigenvalue weighted by molar-refractivity contribution is -0.0439. The zero-order valence-corrected chi connectivity index (χ0v) is 26.6. The van der Waals surface area contributed by atoms with Crippen molar-refractivity contribution < 1.29 is 28.5 Å². The van der Waals surface area contributed by atoms with Gasteiger partial charge in [-0.25, -0.2) is 4.79 Å². The Balaban J connectivity index is 1.36. The number of ether oxygens (including phenoxy) is 4. The molecule has 1 aliphatic carbocycles. The summed E-state index contributed by atoms with van der Waals surface area (Å²) in [5, 5.41) is 2.09. The van der Waals surface area contributed by atoms with Crippen molar-refractivity contribution in [2.24, 2.45) is 5.92 Å². The highest BCUT2D eigenvalue weighted by Crippen LogP contribution is 2.47. The van der Waals surface area contributed by atoms with Crippen molar-refractivity contribution >= 4 is 22.8 Å². The minimum atomic E-state index is -0.875. The smallest absolute Gasteiger partial charge is 0.410 e. The van der Waals surface area contributed by atoms with Crippen LogP contribution in [0, 0.1) is 5.92 Å². The van der Waals surface area contributed by atoms with Crippen LogP contribution in [-0.2, 0) is 11.3 Å². The van der Waals surface area contributed by atoms with E-state index in [2.05, 4.69) is 0 Å². The van der Waals surface area contributed by atoms with E-state index in [4.69, 9.17) is 23.9 Å². The third-order valence-electron chi connectivity index (χ3n) is 8.75. The molecule has 3 aromatic rings. The first-order valence-electron chi connectivity index (χ1n) is 15.6. The van der Waals surface area contributed by atoms with Crippen LogP contribution in [0.3, 0.4) is 0 Å². The Bertz CT molecular complexity index is 1560. The number of rotatable bonds is 6. The fraction of sp³-hybridized carbons (Fsp3) is 0.514. The molecule has 2 aliphatic heterocycles. The number of hydrogen-bond acceptors (Lipinski definition) is 7. The molecule has 3 atom stereocenters. The number of benzene rings is 2. The highest BCUT2D eigenvalue weighted by atomic mass is 16.7. The van der Waals surface area contributed by atoms with Gasteiger partial charge < -0.3 is 28.7 Å². The van der Waals surface area contributed by atoms with Gasteiger partial charge in [0, 0.05) is 43.6 Å². The molecule has 9 nitrogen and oxygen atoms in total. The maximum absolute atomic E-state index is 14.5. The first-order chi connectivity index (χ1) is 20.9. The molecule has 0 radical (unpaired) electrons. The molecule has 1 aromatic heterocycles. The molecule has 234 valence electrons. The topological polar surface area (TPSA) is 90.4 Å². The molecule has 44 heavy (non-hydrogen) atoms. The first kappa shape index (κ1) is 30.0.